The third-order valence-electron chi connectivity index (χ3n) is 3.86. The van der Waals surface area contributed by atoms with E-state index in [1.54, 1.807) is 42.5 Å². The minimum atomic E-state index is -0.378. The van der Waals surface area contributed by atoms with Crippen LogP contribution in [0, 0.1) is 0 Å². The summed E-state index contributed by atoms with van der Waals surface area (Å²) in [5.41, 5.74) is 0.905. The van der Waals surface area contributed by atoms with Gasteiger partial charge in [-0.05, 0) is 60.7 Å². The fourth-order valence-electron chi connectivity index (χ4n) is 2.49. The Morgan fingerprint density at radius 1 is 0.867 bits per heavy atom. The number of carbonyl (C=O) groups excluding carboxylic acids is 1. The molecule has 0 aliphatic rings. The van der Waals surface area contributed by atoms with E-state index in [0.29, 0.717) is 40.3 Å². The van der Waals surface area contributed by atoms with Crippen LogP contribution in [-0.2, 0) is 0 Å². The Hall–Kier alpha value is -2.80. The minimum absolute atomic E-state index is 0.103. The predicted molar refractivity (Wildman–Crippen MR) is 124 cm³/mol. The van der Waals surface area contributed by atoms with Crippen molar-refractivity contribution in [1.29, 1.82) is 0 Å². The van der Waals surface area contributed by atoms with Crippen molar-refractivity contribution in [3.63, 3.8) is 0 Å². The van der Waals surface area contributed by atoms with Crippen LogP contribution >= 0.6 is 35.4 Å². The Labute approximate surface area is 189 Å². The number of para-hydroxylation sites is 1. The van der Waals surface area contributed by atoms with E-state index in [1.807, 2.05) is 30.3 Å². The van der Waals surface area contributed by atoms with Gasteiger partial charge in [-0.15, -0.1) is 0 Å². The Kier molecular flexibility index (Phi) is 7.90. The highest BCUT2D eigenvalue weighted by Crippen LogP contribution is 2.25. The lowest BCUT2D eigenvalue weighted by atomic mass is 10.2. The lowest BCUT2D eigenvalue weighted by Gasteiger charge is -2.12. The van der Waals surface area contributed by atoms with Crippen LogP contribution in [0.25, 0.3) is 0 Å². The van der Waals surface area contributed by atoms with Gasteiger partial charge in [-0.3, -0.25) is 10.1 Å². The number of rotatable bonds is 7. The molecular formula is C22H18Cl2N2O3S. The molecule has 0 aromatic heterocycles. The van der Waals surface area contributed by atoms with Crippen LogP contribution in [0.1, 0.15) is 10.4 Å². The van der Waals surface area contributed by atoms with Gasteiger partial charge in [0.15, 0.2) is 5.11 Å². The number of halogens is 2. The van der Waals surface area contributed by atoms with Crippen molar-refractivity contribution in [1.82, 2.24) is 5.32 Å². The number of nitrogens with one attached hydrogen (secondary N) is 2. The van der Waals surface area contributed by atoms with Crippen molar-refractivity contribution < 1.29 is 14.3 Å². The third kappa shape index (κ3) is 6.62. The number of hydrogen-bond acceptors (Lipinski definition) is 4. The lowest BCUT2D eigenvalue weighted by Crippen LogP contribution is -2.34. The van der Waals surface area contributed by atoms with E-state index in [1.165, 1.54) is 0 Å². The summed E-state index contributed by atoms with van der Waals surface area (Å²) in [4.78, 5) is 12.5. The van der Waals surface area contributed by atoms with Gasteiger partial charge in [0.1, 0.15) is 24.7 Å². The molecular weight excluding hydrogens is 443 g/mol. The van der Waals surface area contributed by atoms with Gasteiger partial charge < -0.3 is 14.8 Å². The molecule has 0 spiro atoms. The Morgan fingerprint density at radius 3 is 2.33 bits per heavy atom. The number of carbonyl (C=O) groups is 1. The van der Waals surface area contributed by atoms with Crippen molar-refractivity contribution in [2.45, 2.75) is 0 Å². The summed E-state index contributed by atoms with van der Waals surface area (Å²) in [5.74, 6) is 0.947. The van der Waals surface area contributed by atoms with E-state index in [4.69, 9.17) is 44.9 Å². The normalized spacial score (nSPS) is 10.2. The first-order chi connectivity index (χ1) is 14.5. The van der Waals surface area contributed by atoms with Gasteiger partial charge in [0.2, 0.25) is 0 Å². The summed E-state index contributed by atoms with van der Waals surface area (Å²) in [7, 11) is 0. The summed E-state index contributed by atoms with van der Waals surface area (Å²) in [5, 5.41) is 6.50. The zero-order valence-electron chi connectivity index (χ0n) is 15.7. The molecule has 5 nitrogen and oxygen atoms in total. The number of benzene rings is 3. The van der Waals surface area contributed by atoms with Gasteiger partial charge >= 0.3 is 0 Å². The topological polar surface area (TPSA) is 59.6 Å². The van der Waals surface area contributed by atoms with Gasteiger partial charge in [0, 0.05) is 10.6 Å². The Balaban J connectivity index is 1.51. The number of amides is 1. The molecule has 8 heteroatoms. The second kappa shape index (κ2) is 10.8. The van der Waals surface area contributed by atoms with Crippen LogP contribution in [0.3, 0.4) is 0 Å². The molecule has 0 unspecified atom stereocenters. The summed E-state index contributed by atoms with van der Waals surface area (Å²) >= 11 is 17.2. The fourth-order valence-corrected chi connectivity index (χ4v) is 3.02. The molecule has 0 aliphatic carbocycles. The number of anilines is 1. The number of ether oxygens (including phenoxy) is 2. The van der Waals surface area contributed by atoms with E-state index in [0.717, 1.165) is 5.75 Å². The highest BCUT2D eigenvalue weighted by molar-refractivity contribution is 7.80. The van der Waals surface area contributed by atoms with Crippen LogP contribution in [0.2, 0.25) is 10.0 Å². The number of hydrogen-bond donors (Lipinski definition) is 2. The summed E-state index contributed by atoms with van der Waals surface area (Å²) < 4.78 is 11.2. The average molecular weight is 461 g/mol. The Bertz CT molecular complexity index is 1030. The zero-order chi connectivity index (χ0) is 21.3. The van der Waals surface area contributed by atoms with E-state index in [-0.39, 0.29) is 11.0 Å². The smallest absolute Gasteiger partial charge is 0.257 e. The maximum atomic E-state index is 12.5. The molecule has 0 aliphatic heterocycles. The zero-order valence-corrected chi connectivity index (χ0v) is 18.1. The molecule has 154 valence electrons. The van der Waals surface area contributed by atoms with E-state index < -0.39 is 0 Å². The minimum Gasteiger partial charge on any atom is -0.490 e. The molecule has 3 rings (SSSR count). The molecule has 0 saturated heterocycles. The standard InChI is InChI=1S/C22H18Cl2N2O3S/c23-16-9-10-19(24)20(14-16)25-22(30)26-21(27)15-5-4-8-18(13-15)29-12-11-28-17-6-2-1-3-7-17/h1-10,13-14H,11-12H2,(H2,25,26,27,30). The van der Waals surface area contributed by atoms with Crippen LogP contribution in [0.5, 0.6) is 11.5 Å². The van der Waals surface area contributed by atoms with Gasteiger partial charge in [0.05, 0.1) is 10.7 Å². The van der Waals surface area contributed by atoms with E-state index in [9.17, 15) is 4.79 Å². The van der Waals surface area contributed by atoms with Crippen LogP contribution in [-0.4, -0.2) is 24.2 Å². The molecule has 1 amide bonds. The van der Waals surface area contributed by atoms with Crippen LogP contribution < -0.4 is 20.1 Å². The van der Waals surface area contributed by atoms with Crippen LogP contribution in [0.15, 0.2) is 72.8 Å². The molecule has 30 heavy (non-hydrogen) atoms. The molecule has 0 saturated carbocycles. The van der Waals surface area contributed by atoms with Crippen molar-refractivity contribution in [2.75, 3.05) is 18.5 Å². The average Bonchev–Trinajstić information content (AvgIpc) is 2.75. The van der Waals surface area contributed by atoms with Gasteiger partial charge in [-0.2, -0.15) is 0 Å². The van der Waals surface area contributed by atoms with Gasteiger partial charge in [-0.25, -0.2) is 0 Å². The van der Waals surface area contributed by atoms with Crippen LogP contribution in [0.4, 0.5) is 5.69 Å². The molecule has 0 fully saturated rings. The molecule has 0 heterocycles. The molecule has 0 bridgehead atoms. The maximum Gasteiger partial charge on any atom is 0.257 e. The predicted octanol–water partition coefficient (Wildman–Crippen LogP) is 5.58. The Morgan fingerprint density at radius 2 is 1.57 bits per heavy atom. The summed E-state index contributed by atoms with van der Waals surface area (Å²) in [6.45, 7) is 0.724. The van der Waals surface area contributed by atoms with Crippen molar-refractivity contribution >= 4 is 52.1 Å². The van der Waals surface area contributed by atoms with Crippen molar-refractivity contribution in [3.05, 3.63) is 88.4 Å². The van der Waals surface area contributed by atoms with E-state index in [2.05, 4.69) is 10.6 Å². The van der Waals surface area contributed by atoms with Crippen molar-refractivity contribution in [3.8, 4) is 11.5 Å². The lowest BCUT2D eigenvalue weighted by molar-refractivity contribution is 0.0977. The molecule has 3 aromatic carbocycles. The third-order valence-corrected chi connectivity index (χ3v) is 4.63. The SMILES string of the molecule is O=C(NC(=S)Nc1cc(Cl)ccc1Cl)c1cccc(OCCOc2ccccc2)c1. The first kappa shape index (κ1) is 21.9. The quantitative estimate of drug-likeness (QED) is 0.356. The second-order valence-electron chi connectivity index (χ2n) is 6.07. The molecule has 0 radical (unpaired) electrons. The monoisotopic (exact) mass is 460 g/mol. The highest BCUT2D eigenvalue weighted by Gasteiger charge is 2.10. The maximum absolute atomic E-state index is 12.5. The highest BCUT2D eigenvalue weighted by atomic mass is 35.5. The summed E-state index contributed by atoms with van der Waals surface area (Å²) in [6, 6.07) is 21.2. The van der Waals surface area contributed by atoms with E-state index >= 15 is 0 Å². The van der Waals surface area contributed by atoms with Gasteiger partial charge in [0.25, 0.3) is 5.91 Å². The van der Waals surface area contributed by atoms with Gasteiger partial charge in [-0.1, -0.05) is 47.5 Å². The fraction of sp³-hybridized carbons (Fsp3) is 0.0909. The summed E-state index contributed by atoms with van der Waals surface area (Å²) in [6.07, 6.45) is 0. The number of thiocarbonyl (C=S) groups is 1. The molecule has 2 N–H and O–H groups in total. The molecule has 0 atom stereocenters. The first-order valence-corrected chi connectivity index (χ1v) is 10.2. The first-order valence-electron chi connectivity index (χ1n) is 8.99. The largest absolute Gasteiger partial charge is 0.490 e. The molecule has 3 aromatic rings. The second-order valence-corrected chi connectivity index (χ2v) is 7.32. The van der Waals surface area contributed by atoms with Crippen molar-refractivity contribution in [2.24, 2.45) is 0 Å².